The minimum Gasteiger partial charge on any atom is -0.308 e. The number of rotatable bonds is 6. The van der Waals surface area contributed by atoms with Crippen molar-refractivity contribution in [3.63, 3.8) is 0 Å². The molecular formula is C23H23F3N2O. The van der Waals surface area contributed by atoms with Crippen LogP contribution >= 0.6 is 0 Å². The van der Waals surface area contributed by atoms with Gasteiger partial charge in [-0.3, -0.25) is 4.79 Å². The summed E-state index contributed by atoms with van der Waals surface area (Å²) in [6, 6.07) is 5.75. The molecule has 1 aromatic heterocycles. The van der Waals surface area contributed by atoms with Gasteiger partial charge >= 0.3 is 0 Å². The molecule has 0 fully saturated rings. The second kappa shape index (κ2) is 8.41. The second-order valence-corrected chi connectivity index (χ2v) is 7.57. The molecule has 0 amide bonds. The van der Waals surface area contributed by atoms with Crippen LogP contribution < -0.4 is 10.9 Å². The number of benzene rings is 1. The molecule has 0 spiro atoms. The lowest BCUT2D eigenvalue weighted by molar-refractivity contribution is 0.127. The van der Waals surface area contributed by atoms with Crippen molar-refractivity contribution in [2.45, 2.75) is 45.2 Å². The highest BCUT2D eigenvalue weighted by molar-refractivity contribution is 5.82. The SMILES string of the molecule is O=c1c(CNCC2=CC=C(F)CC=C2)cc2cc3c(cc2n1CC(F)F)CCC3. The van der Waals surface area contributed by atoms with E-state index >= 15 is 0 Å². The minimum absolute atomic E-state index is 0.201. The lowest BCUT2D eigenvalue weighted by Gasteiger charge is -2.15. The van der Waals surface area contributed by atoms with Gasteiger partial charge in [0.05, 0.1) is 12.1 Å². The van der Waals surface area contributed by atoms with Gasteiger partial charge in [-0.1, -0.05) is 18.2 Å². The van der Waals surface area contributed by atoms with Gasteiger partial charge in [-0.2, -0.15) is 0 Å². The first-order valence-electron chi connectivity index (χ1n) is 9.90. The van der Waals surface area contributed by atoms with Gasteiger partial charge in [-0.05, 0) is 65.6 Å². The molecule has 29 heavy (non-hydrogen) atoms. The number of hydrogen-bond donors (Lipinski definition) is 1. The van der Waals surface area contributed by atoms with Gasteiger partial charge in [-0.15, -0.1) is 0 Å². The summed E-state index contributed by atoms with van der Waals surface area (Å²) < 4.78 is 40.8. The fraction of sp³-hybridized carbons (Fsp3) is 0.348. The fourth-order valence-electron chi connectivity index (χ4n) is 4.06. The van der Waals surface area contributed by atoms with Gasteiger partial charge in [0.25, 0.3) is 12.0 Å². The summed E-state index contributed by atoms with van der Waals surface area (Å²) in [6.45, 7) is 0.100. The first kappa shape index (κ1) is 19.7. The maximum atomic E-state index is 13.3. The number of alkyl halides is 2. The Morgan fingerprint density at radius 3 is 2.66 bits per heavy atom. The van der Waals surface area contributed by atoms with Crippen LogP contribution in [0.5, 0.6) is 0 Å². The average Bonchev–Trinajstić information content (AvgIpc) is 3.04. The predicted octanol–water partition coefficient (Wildman–Crippen LogP) is 4.58. The van der Waals surface area contributed by atoms with Crippen LogP contribution in [0.4, 0.5) is 13.2 Å². The van der Waals surface area contributed by atoms with Crippen molar-refractivity contribution < 1.29 is 13.2 Å². The molecule has 0 aliphatic heterocycles. The van der Waals surface area contributed by atoms with Crippen molar-refractivity contribution in [3.8, 4) is 0 Å². The average molecular weight is 400 g/mol. The molecule has 1 aromatic carbocycles. The normalized spacial score (nSPS) is 16.1. The van der Waals surface area contributed by atoms with Crippen molar-refractivity contribution in [2.24, 2.45) is 0 Å². The highest BCUT2D eigenvalue weighted by atomic mass is 19.3. The number of fused-ring (bicyclic) bond motifs is 2. The van der Waals surface area contributed by atoms with Crippen molar-refractivity contribution >= 4 is 10.9 Å². The summed E-state index contributed by atoms with van der Waals surface area (Å²) in [5, 5.41) is 4.00. The molecule has 0 saturated heterocycles. The van der Waals surface area contributed by atoms with Crippen LogP contribution in [0.2, 0.25) is 0 Å². The van der Waals surface area contributed by atoms with E-state index in [-0.39, 0.29) is 24.4 Å². The Morgan fingerprint density at radius 2 is 1.86 bits per heavy atom. The van der Waals surface area contributed by atoms with Crippen molar-refractivity contribution in [3.05, 3.63) is 80.9 Å². The molecule has 4 rings (SSSR count). The smallest absolute Gasteiger partial charge is 0.256 e. The summed E-state index contributed by atoms with van der Waals surface area (Å²) in [7, 11) is 0. The second-order valence-electron chi connectivity index (χ2n) is 7.57. The van der Waals surface area contributed by atoms with Crippen molar-refractivity contribution in [2.75, 3.05) is 6.54 Å². The quantitative estimate of drug-likeness (QED) is 0.770. The molecule has 2 aromatic rings. The fourth-order valence-corrected chi connectivity index (χ4v) is 4.06. The number of allylic oxidation sites excluding steroid dienone is 4. The highest BCUT2D eigenvalue weighted by Crippen LogP contribution is 2.27. The summed E-state index contributed by atoms with van der Waals surface area (Å²) in [6.07, 6.45) is 7.35. The third-order valence-corrected chi connectivity index (χ3v) is 5.47. The zero-order chi connectivity index (χ0) is 20.4. The van der Waals surface area contributed by atoms with Crippen LogP contribution in [0.3, 0.4) is 0 Å². The zero-order valence-electron chi connectivity index (χ0n) is 16.1. The Balaban J connectivity index is 1.63. The summed E-state index contributed by atoms with van der Waals surface area (Å²) in [4.78, 5) is 12.9. The number of halogens is 3. The van der Waals surface area contributed by atoms with Crippen LogP contribution in [0.25, 0.3) is 10.9 Å². The molecule has 152 valence electrons. The molecule has 2 aliphatic rings. The van der Waals surface area contributed by atoms with Crippen LogP contribution in [-0.2, 0) is 25.9 Å². The molecule has 2 aliphatic carbocycles. The van der Waals surface area contributed by atoms with Gasteiger partial charge in [0.15, 0.2) is 0 Å². The molecule has 0 radical (unpaired) electrons. The maximum absolute atomic E-state index is 13.3. The van der Waals surface area contributed by atoms with Gasteiger partial charge in [0.2, 0.25) is 0 Å². The van der Waals surface area contributed by atoms with Crippen molar-refractivity contribution in [1.29, 1.82) is 0 Å². The molecular weight excluding hydrogens is 377 g/mol. The standard InChI is InChI=1S/C23H23F3N2O/c24-20-6-1-3-15(7-8-20)12-27-13-19-10-18-9-16-4-2-5-17(16)11-21(18)28(23(19)29)14-22(25)26/h1,3,7-11,22,27H,2,4-6,12-14H2. The van der Waals surface area contributed by atoms with Gasteiger partial charge < -0.3 is 9.88 Å². The van der Waals surface area contributed by atoms with Crippen LogP contribution in [0.1, 0.15) is 29.5 Å². The van der Waals surface area contributed by atoms with E-state index in [0.29, 0.717) is 17.6 Å². The van der Waals surface area contributed by atoms with E-state index in [2.05, 4.69) is 5.32 Å². The first-order valence-corrected chi connectivity index (χ1v) is 9.90. The molecule has 0 unspecified atom stereocenters. The highest BCUT2D eigenvalue weighted by Gasteiger charge is 2.17. The number of nitrogens with zero attached hydrogens (tertiary/aromatic N) is 1. The van der Waals surface area contributed by atoms with E-state index < -0.39 is 13.0 Å². The lowest BCUT2D eigenvalue weighted by atomic mass is 10.0. The Bertz CT molecular complexity index is 1080. The number of nitrogens with one attached hydrogen (secondary N) is 1. The summed E-state index contributed by atoms with van der Waals surface area (Å²) in [5.41, 5.74) is 3.92. The number of hydrogen-bond acceptors (Lipinski definition) is 2. The molecule has 1 heterocycles. The Morgan fingerprint density at radius 1 is 1.07 bits per heavy atom. The van der Waals surface area contributed by atoms with Crippen LogP contribution in [0.15, 0.2) is 58.7 Å². The molecule has 0 atom stereocenters. The summed E-state index contributed by atoms with van der Waals surface area (Å²) >= 11 is 0. The molecule has 1 N–H and O–H groups in total. The van der Waals surface area contributed by atoms with E-state index in [1.54, 1.807) is 12.2 Å². The number of pyridine rings is 1. The topological polar surface area (TPSA) is 34.0 Å². The van der Waals surface area contributed by atoms with Gasteiger partial charge in [-0.25, -0.2) is 13.2 Å². The number of aromatic nitrogens is 1. The maximum Gasteiger partial charge on any atom is 0.256 e. The van der Waals surface area contributed by atoms with Gasteiger partial charge in [0, 0.05) is 25.1 Å². The van der Waals surface area contributed by atoms with E-state index in [0.717, 1.165) is 35.8 Å². The summed E-state index contributed by atoms with van der Waals surface area (Å²) in [5.74, 6) is -0.201. The van der Waals surface area contributed by atoms with Crippen LogP contribution in [-0.4, -0.2) is 17.5 Å². The third kappa shape index (κ3) is 4.37. The number of aryl methyl sites for hydroxylation is 2. The van der Waals surface area contributed by atoms with Crippen LogP contribution in [0, 0.1) is 0 Å². The third-order valence-electron chi connectivity index (χ3n) is 5.47. The zero-order valence-corrected chi connectivity index (χ0v) is 16.1. The van der Waals surface area contributed by atoms with Gasteiger partial charge in [0.1, 0.15) is 5.83 Å². The molecule has 0 bridgehead atoms. The molecule has 3 nitrogen and oxygen atoms in total. The predicted molar refractivity (Wildman–Crippen MR) is 109 cm³/mol. The molecule has 0 saturated carbocycles. The first-order chi connectivity index (χ1) is 14.0. The Hall–Kier alpha value is -2.60. The lowest BCUT2D eigenvalue weighted by Crippen LogP contribution is -2.30. The van der Waals surface area contributed by atoms with E-state index in [4.69, 9.17) is 0 Å². The van der Waals surface area contributed by atoms with E-state index in [1.165, 1.54) is 16.2 Å². The Kier molecular flexibility index (Phi) is 5.72. The Labute approximate surface area is 167 Å². The molecule has 6 heteroatoms. The largest absolute Gasteiger partial charge is 0.308 e. The monoisotopic (exact) mass is 400 g/mol. The van der Waals surface area contributed by atoms with Crippen molar-refractivity contribution in [1.82, 2.24) is 9.88 Å². The van der Waals surface area contributed by atoms with E-state index in [1.807, 2.05) is 24.3 Å². The minimum atomic E-state index is -2.60. The van der Waals surface area contributed by atoms with E-state index in [9.17, 15) is 18.0 Å².